The topological polar surface area (TPSA) is 25.2 Å². The molecule has 0 aliphatic carbocycles. The first kappa shape index (κ1) is 15.3. The average Bonchev–Trinajstić information content (AvgIpc) is 2.73. The number of halogens is 7. The van der Waals surface area contributed by atoms with E-state index in [1.807, 2.05) is 0 Å². The summed E-state index contributed by atoms with van der Waals surface area (Å²) in [5, 5.41) is 2.11. The summed E-state index contributed by atoms with van der Waals surface area (Å²) < 4.78 is 71.4. The van der Waals surface area contributed by atoms with Crippen molar-refractivity contribution >= 4 is 37.5 Å². The maximum atomic E-state index is 13.4. The average molecular weight is 421 g/mol. The molecule has 1 N–H and O–H groups in total. The van der Waals surface area contributed by atoms with Crippen LogP contribution < -0.4 is 5.32 Å². The van der Waals surface area contributed by atoms with E-state index >= 15 is 0 Å². The molecule has 0 saturated carbocycles. The van der Waals surface area contributed by atoms with Crippen LogP contribution in [0.2, 0.25) is 0 Å². The molecule has 108 valence electrons. The lowest BCUT2D eigenvalue weighted by atomic mass is 10.2. The van der Waals surface area contributed by atoms with Crippen molar-refractivity contribution in [3.05, 3.63) is 50.1 Å². The van der Waals surface area contributed by atoms with Gasteiger partial charge in [0.05, 0.1) is 11.0 Å². The summed E-state index contributed by atoms with van der Waals surface area (Å²) >= 11 is 6.16. The zero-order valence-corrected chi connectivity index (χ0v) is 12.5. The Morgan fingerprint density at radius 2 is 1.40 bits per heavy atom. The zero-order chi connectivity index (χ0) is 15.0. The van der Waals surface area contributed by atoms with Gasteiger partial charge in [0.2, 0.25) is 5.82 Å². The second-order valence-electron chi connectivity index (χ2n) is 3.63. The van der Waals surface area contributed by atoms with E-state index in [4.69, 9.17) is 4.42 Å². The first-order valence-electron chi connectivity index (χ1n) is 5.02. The van der Waals surface area contributed by atoms with Crippen LogP contribution in [0.3, 0.4) is 0 Å². The molecule has 1 aromatic carbocycles. The highest BCUT2D eigenvalue weighted by atomic mass is 79.9. The van der Waals surface area contributed by atoms with Crippen molar-refractivity contribution < 1.29 is 26.4 Å². The summed E-state index contributed by atoms with van der Waals surface area (Å²) in [6.45, 7) is -0.261. The van der Waals surface area contributed by atoms with Crippen LogP contribution in [0, 0.1) is 29.1 Å². The molecule has 1 heterocycles. The molecule has 0 atom stereocenters. The molecule has 0 fully saturated rings. The van der Waals surface area contributed by atoms with Crippen LogP contribution in [0.25, 0.3) is 0 Å². The van der Waals surface area contributed by atoms with Crippen LogP contribution in [0.4, 0.5) is 27.6 Å². The SMILES string of the molecule is Fc1c(F)c(F)c(NCc2cc(Br)c(Br)o2)c(F)c1F. The van der Waals surface area contributed by atoms with Crippen LogP contribution in [0.15, 0.2) is 19.6 Å². The third kappa shape index (κ3) is 2.69. The van der Waals surface area contributed by atoms with Gasteiger partial charge in [-0.05, 0) is 37.9 Å². The van der Waals surface area contributed by atoms with Crippen molar-refractivity contribution in [3.63, 3.8) is 0 Å². The number of nitrogens with one attached hydrogen (secondary N) is 1. The van der Waals surface area contributed by atoms with Crippen molar-refractivity contribution in [3.8, 4) is 0 Å². The number of anilines is 1. The molecule has 0 spiro atoms. The Morgan fingerprint density at radius 1 is 0.900 bits per heavy atom. The molecule has 2 nitrogen and oxygen atoms in total. The lowest BCUT2D eigenvalue weighted by molar-refractivity contribution is 0.381. The molecular weight excluding hydrogens is 417 g/mol. The highest BCUT2D eigenvalue weighted by Crippen LogP contribution is 2.30. The van der Waals surface area contributed by atoms with Crippen LogP contribution >= 0.6 is 31.9 Å². The van der Waals surface area contributed by atoms with Gasteiger partial charge in [-0.15, -0.1) is 0 Å². The third-order valence-corrected chi connectivity index (χ3v) is 4.06. The highest BCUT2D eigenvalue weighted by Gasteiger charge is 2.25. The minimum Gasteiger partial charge on any atom is -0.451 e. The first-order valence-corrected chi connectivity index (χ1v) is 6.60. The van der Waals surface area contributed by atoms with E-state index < -0.39 is 34.8 Å². The summed E-state index contributed by atoms with van der Waals surface area (Å²) in [6, 6.07) is 1.48. The van der Waals surface area contributed by atoms with Gasteiger partial charge in [0.15, 0.2) is 27.9 Å². The highest BCUT2D eigenvalue weighted by molar-refractivity contribution is 9.13. The van der Waals surface area contributed by atoms with Gasteiger partial charge in [-0.25, -0.2) is 22.0 Å². The van der Waals surface area contributed by atoms with Gasteiger partial charge in [0.25, 0.3) is 0 Å². The fourth-order valence-electron chi connectivity index (χ4n) is 1.41. The first-order chi connectivity index (χ1) is 9.32. The monoisotopic (exact) mass is 419 g/mol. The molecule has 2 aromatic rings. The third-order valence-electron chi connectivity index (χ3n) is 2.35. The maximum absolute atomic E-state index is 13.4. The zero-order valence-electron chi connectivity index (χ0n) is 9.34. The van der Waals surface area contributed by atoms with Gasteiger partial charge in [-0.2, -0.15) is 0 Å². The van der Waals surface area contributed by atoms with Crippen molar-refractivity contribution in [2.24, 2.45) is 0 Å². The van der Waals surface area contributed by atoms with Gasteiger partial charge in [-0.3, -0.25) is 0 Å². The lowest BCUT2D eigenvalue weighted by Gasteiger charge is -2.09. The summed E-state index contributed by atoms with van der Waals surface area (Å²) in [5.41, 5.74) is -1.11. The van der Waals surface area contributed by atoms with Crippen molar-refractivity contribution in [1.29, 1.82) is 0 Å². The minimum atomic E-state index is -2.20. The molecule has 1 aromatic heterocycles. The van der Waals surface area contributed by atoms with Gasteiger partial charge >= 0.3 is 0 Å². The smallest absolute Gasteiger partial charge is 0.200 e. The van der Waals surface area contributed by atoms with E-state index in [0.717, 1.165) is 0 Å². The summed E-state index contributed by atoms with van der Waals surface area (Å²) in [4.78, 5) is 0. The Hall–Kier alpha value is -1.09. The lowest BCUT2D eigenvalue weighted by Crippen LogP contribution is -2.09. The molecule has 0 radical (unpaired) electrons. The standard InChI is InChI=1S/C11H4Br2F5NO/c12-4-1-3(20-11(4)13)2-19-10-8(17)6(15)5(14)7(16)9(10)18/h1,19H,2H2. The van der Waals surface area contributed by atoms with Crippen molar-refractivity contribution in [2.45, 2.75) is 6.54 Å². The second-order valence-corrected chi connectivity index (χ2v) is 5.21. The van der Waals surface area contributed by atoms with Crippen LogP contribution in [-0.4, -0.2) is 0 Å². The van der Waals surface area contributed by atoms with E-state index in [0.29, 0.717) is 9.14 Å². The Morgan fingerprint density at radius 3 is 1.85 bits per heavy atom. The van der Waals surface area contributed by atoms with Gasteiger partial charge in [-0.1, -0.05) is 0 Å². The number of benzene rings is 1. The van der Waals surface area contributed by atoms with E-state index in [2.05, 4.69) is 37.2 Å². The number of hydrogen-bond acceptors (Lipinski definition) is 2. The Kier molecular flexibility index (Phi) is 4.38. The van der Waals surface area contributed by atoms with Crippen molar-refractivity contribution in [2.75, 3.05) is 5.32 Å². The van der Waals surface area contributed by atoms with Gasteiger partial charge in [0, 0.05) is 0 Å². The molecular formula is C11H4Br2F5NO. The molecule has 0 aliphatic rings. The maximum Gasteiger partial charge on any atom is 0.200 e. The molecule has 0 amide bonds. The van der Waals surface area contributed by atoms with E-state index in [1.165, 1.54) is 6.07 Å². The Labute approximate surface area is 126 Å². The van der Waals surface area contributed by atoms with Crippen LogP contribution in [-0.2, 0) is 6.54 Å². The fraction of sp³-hybridized carbons (Fsp3) is 0.0909. The summed E-state index contributed by atoms with van der Waals surface area (Å²) in [5.74, 6) is -9.83. The molecule has 0 aliphatic heterocycles. The van der Waals surface area contributed by atoms with Crippen LogP contribution in [0.1, 0.15) is 5.76 Å². The van der Waals surface area contributed by atoms with Gasteiger partial charge < -0.3 is 9.73 Å². The molecule has 2 rings (SSSR count). The minimum absolute atomic E-state index is 0.229. The molecule has 0 unspecified atom stereocenters. The molecule has 20 heavy (non-hydrogen) atoms. The predicted molar refractivity (Wildman–Crippen MR) is 67.7 cm³/mol. The summed E-state index contributed by atoms with van der Waals surface area (Å²) in [6.07, 6.45) is 0. The fourth-order valence-corrected chi connectivity index (χ4v) is 2.07. The predicted octanol–water partition coefficient (Wildman–Crippen LogP) is 5.11. The van der Waals surface area contributed by atoms with E-state index in [-0.39, 0.29) is 12.3 Å². The number of hydrogen-bond donors (Lipinski definition) is 1. The van der Waals surface area contributed by atoms with Crippen LogP contribution in [0.5, 0.6) is 0 Å². The van der Waals surface area contributed by atoms with Gasteiger partial charge in [0.1, 0.15) is 11.4 Å². The molecule has 0 saturated heterocycles. The normalized spacial score (nSPS) is 10.9. The number of furan rings is 1. The Balaban J connectivity index is 2.30. The number of rotatable bonds is 3. The molecule has 0 bridgehead atoms. The summed E-state index contributed by atoms with van der Waals surface area (Å²) in [7, 11) is 0. The second kappa shape index (κ2) is 5.72. The quantitative estimate of drug-likeness (QED) is 0.424. The molecule has 9 heteroatoms. The van der Waals surface area contributed by atoms with E-state index in [1.54, 1.807) is 0 Å². The van der Waals surface area contributed by atoms with Crippen molar-refractivity contribution in [1.82, 2.24) is 0 Å². The Bertz CT molecular complexity index is 625. The largest absolute Gasteiger partial charge is 0.451 e. The van der Waals surface area contributed by atoms with E-state index in [9.17, 15) is 22.0 Å².